The summed E-state index contributed by atoms with van der Waals surface area (Å²) >= 11 is 12.1. The van der Waals surface area contributed by atoms with E-state index in [0.29, 0.717) is 34.5 Å². The quantitative estimate of drug-likeness (QED) is 0.423. The molecule has 0 radical (unpaired) electrons. The minimum absolute atomic E-state index is 0.232. The number of nitrogens with zero attached hydrogens (tertiary/aromatic N) is 2. The molecule has 1 fully saturated rings. The Labute approximate surface area is 199 Å². The van der Waals surface area contributed by atoms with Crippen LogP contribution in [0.4, 0.5) is 0 Å². The first-order valence-corrected chi connectivity index (χ1v) is 11.5. The van der Waals surface area contributed by atoms with Crippen molar-refractivity contribution in [1.82, 2.24) is 9.80 Å². The second-order valence-electron chi connectivity index (χ2n) is 8.07. The molecule has 3 aromatic rings. The van der Waals surface area contributed by atoms with Gasteiger partial charge in [-0.3, -0.25) is 14.6 Å². The summed E-state index contributed by atoms with van der Waals surface area (Å²) in [7, 11) is 0. The van der Waals surface area contributed by atoms with Gasteiger partial charge < -0.3 is 4.74 Å². The molecule has 0 saturated carbocycles. The molecule has 6 heteroatoms. The highest BCUT2D eigenvalue weighted by Crippen LogP contribution is 2.31. The van der Waals surface area contributed by atoms with Gasteiger partial charge in [0.25, 0.3) is 0 Å². The summed E-state index contributed by atoms with van der Waals surface area (Å²) < 4.78 is 5.81. The molecule has 0 bridgehead atoms. The first kappa shape index (κ1) is 22.8. The fourth-order valence-electron chi connectivity index (χ4n) is 3.84. The van der Waals surface area contributed by atoms with E-state index in [0.717, 1.165) is 38.3 Å². The number of benzene rings is 3. The van der Waals surface area contributed by atoms with Crippen LogP contribution in [0.15, 0.2) is 72.8 Å². The minimum atomic E-state index is 0.232. The Morgan fingerprint density at radius 1 is 0.812 bits per heavy atom. The number of carbonyl (C=O) groups is 1. The van der Waals surface area contributed by atoms with Crippen molar-refractivity contribution in [3.05, 3.63) is 94.0 Å². The standard InChI is InChI=1S/C26H26Cl2N2O2/c27-22-8-11-26(25(28)17-22)32-24-9-6-20(7-10-24)16-23(31)19-30-14-12-29(13-15-30)18-21-4-2-1-3-5-21/h1-11,17H,12-16,18-19H2. The van der Waals surface area contributed by atoms with E-state index in [-0.39, 0.29) is 5.78 Å². The summed E-state index contributed by atoms with van der Waals surface area (Å²) in [5, 5.41) is 1.02. The van der Waals surface area contributed by atoms with Gasteiger partial charge in [-0.25, -0.2) is 0 Å². The van der Waals surface area contributed by atoms with Gasteiger partial charge in [0.15, 0.2) is 5.78 Å². The Balaban J connectivity index is 1.22. The lowest BCUT2D eigenvalue weighted by Gasteiger charge is -2.34. The predicted molar refractivity (Wildman–Crippen MR) is 130 cm³/mol. The second-order valence-corrected chi connectivity index (χ2v) is 8.92. The molecule has 0 amide bonds. The third-order valence-corrected chi connectivity index (χ3v) is 6.09. The zero-order valence-corrected chi connectivity index (χ0v) is 19.4. The van der Waals surface area contributed by atoms with Gasteiger partial charge in [0, 0.05) is 44.2 Å². The van der Waals surface area contributed by atoms with E-state index in [1.807, 2.05) is 30.3 Å². The number of piperazine rings is 1. The summed E-state index contributed by atoms with van der Waals surface area (Å²) in [5.41, 5.74) is 2.31. The topological polar surface area (TPSA) is 32.8 Å². The van der Waals surface area contributed by atoms with E-state index in [2.05, 4.69) is 34.1 Å². The Morgan fingerprint density at radius 2 is 1.50 bits per heavy atom. The van der Waals surface area contributed by atoms with Crippen LogP contribution >= 0.6 is 23.2 Å². The molecule has 166 valence electrons. The molecule has 1 aliphatic heterocycles. The molecule has 4 rings (SSSR count). The number of ketones is 1. The average molecular weight is 469 g/mol. The third kappa shape index (κ3) is 6.57. The summed E-state index contributed by atoms with van der Waals surface area (Å²) in [6, 6.07) is 23.2. The number of ether oxygens (including phenoxy) is 1. The summed E-state index contributed by atoms with van der Waals surface area (Å²) in [6.45, 7) is 5.29. The number of hydrogen-bond acceptors (Lipinski definition) is 4. The van der Waals surface area contributed by atoms with Gasteiger partial charge in [-0.1, -0.05) is 65.7 Å². The van der Waals surface area contributed by atoms with E-state index < -0.39 is 0 Å². The summed E-state index contributed by atoms with van der Waals surface area (Å²) in [4.78, 5) is 17.3. The highest BCUT2D eigenvalue weighted by atomic mass is 35.5. The number of Topliss-reactive ketones (excluding diaryl/α,β-unsaturated/α-hetero) is 1. The van der Waals surface area contributed by atoms with Crippen LogP contribution in [0.2, 0.25) is 10.0 Å². The molecule has 0 aromatic heterocycles. The average Bonchev–Trinajstić information content (AvgIpc) is 2.79. The van der Waals surface area contributed by atoms with Crippen molar-refractivity contribution in [3.8, 4) is 11.5 Å². The number of hydrogen-bond donors (Lipinski definition) is 0. The molecule has 0 spiro atoms. The summed E-state index contributed by atoms with van der Waals surface area (Å²) in [6.07, 6.45) is 0.423. The van der Waals surface area contributed by atoms with Crippen LogP contribution in [0.1, 0.15) is 11.1 Å². The third-order valence-electron chi connectivity index (χ3n) is 5.56. The molecule has 1 aliphatic rings. The molecule has 3 aromatic carbocycles. The van der Waals surface area contributed by atoms with Gasteiger partial charge in [0.05, 0.1) is 11.6 Å². The van der Waals surface area contributed by atoms with Crippen LogP contribution in [0.5, 0.6) is 11.5 Å². The smallest absolute Gasteiger partial charge is 0.151 e. The SMILES string of the molecule is O=C(Cc1ccc(Oc2ccc(Cl)cc2Cl)cc1)CN1CCN(Cc2ccccc2)CC1. The van der Waals surface area contributed by atoms with Crippen molar-refractivity contribution in [3.63, 3.8) is 0 Å². The molecule has 0 atom stereocenters. The van der Waals surface area contributed by atoms with Gasteiger partial charge in [0.1, 0.15) is 11.5 Å². The van der Waals surface area contributed by atoms with Crippen LogP contribution in [-0.2, 0) is 17.8 Å². The summed E-state index contributed by atoms with van der Waals surface area (Å²) in [5.74, 6) is 1.45. The number of rotatable bonds is 8. The molecule has 0 aliphatic carbocycles. The highest BCUT2D eigenvalue weighted by Gasteiger charge is 2.19. The van der Waals surface area contributed by atoms with Crippen LogP contribution in [0.25, 0.3) is 0 Å². The Bertz CT molecular complexity index is 1030. The van der Waals surface area contributed by atoms with Crippen LogP contribution in [0, 0.1) is 0 Å². The van der Waals surface area contributed by atoms with Crippen molar-refractivity contribution in [2.75, 3.05) is 32.7 Å². The molecular weight excluding hydrogens is 443 g/mol. The maximum Gasteiger partial charge on any atom is 0.151 e. The van der Waals surface area contributed by atoms with Gasteiger partial charge in [-0.05, 0) is 41.5 Å². The van der Waals surface area contributed by atoms with E-state index in [4.69, 9.17) is 27.9 Å². The Hall–Kier alpha value is -2.37. The van der Waals surface area contributed by atoms with Crippen LogP contribution in [-0.4, -0.2) is 48.3 Å². The largest absolute Gasteiger partial charge is 0.456 e. The lowest BCUT2D eigenvalue weighted by molar-refractivity contribution is -0.120. The van der Waals surface area contributed by atoms with Gasteiger partial charge in [0.2, 0.25) is 0 Å². The van der Waals surface area contributed by atoms with E-state index in [9.17, 15) is 4.79 Å². The monoisotopic (exact) mass is 468 g/mol. The second kappa shape index (κ2) is 11.0. The highest BCUT2D eigenvalue weighted by molar-refractivity contribution is 6.35. The lowest BCUT2D eigenvalue weighted by Crippen LogP contribution is -2.47. The Morgan fingerprint density at radius 3 is 2.19 bits per heavy atom. The molecular formula is C26H26Cl2N2O2. The van der Waals surface area contributed by atoms with Crippen molar-refractivity contribution in [2.24, 2.45) is 0 Å². The maximum absolute atomic E-state index is 12.6. The van der Waals surface area contributed by atoms with E-state index >= 15 is 0 Å². The Kier molecular flexibility index (Phi) is 7.82. The first-order chi connectivity index (χ1) is 15.5. The van der Waals surface area contributed by atoms with Crippen molar-refractivity contribution < 1.29 is 9.53 Å². The van der Waals surface area contributed by atoms with E-state index in [1.165, 1.54) is 5.56 Å². The van der Waals surface area contributed by atoms with Crippen LogP contribution in [0.3, 0.4) is 0 Å². The zero-order chi connectivity index (χ0) is 22.3. The normalized spacial score (nSPS) is 14.9. The first-order valence-electron chi connectivity index (χ1n) is 10.8. The van der Waals surface area contributed by atoms with Crippen molar-refractivity contribution in [1.29, 1.82) is 0 Å². The van der Waals surface area contributed by atoms with Crippen molar-refractivity contribution >= 4 is 29.0 Å². The zero-order valence-electron chi connectivity index (χ0n) is 17.8. The fourth-order valence-corrected chi connectivity index (χ4v) is 4.29. The molecule has 0 unspecified atom stereocenters. The molecule has 4 nitrogen and oxygen atoms in total. The van der Waals surface area contributed by atoms with Crippen molar-refractivity contribution in [2.45, 2.75) is 13.0 Å². The number of carbonyl (C=O) groups excluding carboxylic acids is 1. The van der Waals surface area contributed by atoms with Gasteiger partial charge in [-0.2, -0.15) is 0 Å². The molecule has 1 heterocycles. The van der Waals surface area contributed by atoms with Gasteiger partial charge in [-0.15, -0.1) is 0 Å². The van der Waals surface area contributed by atoms with Crippen LogP contribution < -0.4 is 4.74 Å². The predicted octanol–water partition coefficient (Wildman–Crippen LogP) is 5.72. The minimum Gasteiger partial charge on any atom is -0.456 e. The number of halogens is 2. The molecule has 32 heavy (non-hydrogen) atoms. The molecule has 1 saturated heterocycles. The van der Waals surface area contributed by atoms with Gasteiger partial charge >= 0.3 is 0 Å². The fraction of sp³-hybridized carbons (Fsp3) is 0.269. The lowest BCUT2D eigenvalue weighted by atomic mass is 10.1. The maximum atomic E-state index is 12.6. The van der Waals surface area contributed by atoms with E-state index in [1.54, 1.807) is 18.2 Å². The molecule has 0 N–H and O–H groups in total.